The topological polar surface area (TPSA) is 94.8 Å². The van der Waals surface area contributed by atoms with Gasteiger partial charge in [0.05, 0.1) is 11.6 Å². The first kappa shape index (κ1) is 20.4. The van der Waals surface area contributed by atoms with Crippen molar-refractivity contribution in [2.45, 2.75) is 45.6 Å². The van der Waals surface area contributed by atoms with Gasteiger partial charge in [0.15, 0.2) is 11.2 Å². The van der Waals surface area contributed by atoms with Crippen LogP contribution in [0.3, 0.4) is 0 Å². The fraction of sp³-hybridized carbons (Fsp3) is 0.429. The summed E-state index contributed by atoms with van der Waals surface area (Å²) in [6.45, 7) is 2.73. The molecule has 3 aromatic rings. The number of fused-ring (bicyclic) bond motifs is 1. The van der Waals surface area contributed by atoms with Crippen LogP contribution in [0, 0.1) is 11.3 Å². The number of imidazole rings is 1. The molecular formula is C21H25N5O3. The zero-order valence-electron chi connectivity index (χ0n) is 17.0. The molecule has 0 fully saturated rings. The molecule has 0 aliphatic heterocycles. The fourth-order valence-corrected chi connectivity index (χ4v) is 3.29. The van der Waals surface area contributed by atoms with Crippen LogP contribution in [-0.2, 0) is 20.6 Å². The Labute approximate surface area is 168 Å². The van der Waals surface area contributed by atoms with E-state index in [1.54, 1.807) is 35.9 Å². The number of rotatable bonds is 8. The van der Waals surface area contributed by atoms with Gasteiger partial charge in [-0.3, -0.25) is 18.5 Å². The molecule has 8 heteroatoms. The number of nitrogens with zero attached hydrogens (tertiary/aromatic N) is 5. The molecule has 2 heterocycles. The Hall–Kier alpha value is -3.34. The third kappa shape index (κ3) is 4.09. The molecule has 1 aromatic carbocycles. The van der Waals surface area contributed by atoms with Crippen LogP contribution < -0.4 is 16.0 Å². The molecule has 0 atom stereocenters. The van der Waals surface area contributed by atoms with Gasteiger partial charge in [-0.1, -0.05) is 32.6 Å². The Bertz CT molecular complexity index is 1160. The van der Waals surface area contributed by atoms with Crippen LogP contribution in [0.5, 0.6) is 11.8 Å². The van der Waals surface area contributed by atoms with Gasteiger partial charge >= 0.3 is 11.7 Å². The fourth-order valence-electron chi connectivity index (χ4n) is 3.29. The second kappa shape index (κ2) is 8.78. The van der Waals surface area contributed by atoms with Gasteiger partial charge in [-0.25, -0.2) is 4.79 Å². The minimum atomic E-state index is -0.431. The van der Waals surface area contributed by atoms with E-state index in [9.17, 15) is 9.59 Å². The van der Waals surface area contributed by atoms with Gasteiger partial charge in [0, 0.05) is 20.6 Å². The van der Waals surface area contributed by atoms with Crippen LogP contribution in [0.15, 0.2) is 33.9 Å². The van der Waals surface area contributed by atoms with Gasteiger partial charge in [-0.2, -0.15) is 10.2 Å². The average molecular weight is 395 g/mol. The number of unbranched alkanes of at least 4 members (excludes halogenated alkanes) is 4. The Morgan fingerprint density at radius 2 is 1.72 bits per heavy atom. The summed E-state index contributed by atoms with van der Waals surface area (Å²) in [5, 5.41) is 8.95. The number of aryl methyl sites for hydroxylation is 2. The van der Waals surface area contributed by atoms with Gasteiger partial charge < -0.3 is 4.74 Å². The van der Waals surface area contributed by atoms with Gasteiger partial charge in [0.1, 0.15) is 5.75 Å². The van der Waals surface area contributed by atoms with E-state index in [0.29, 0.717) is 29.0 Å². The lowest BCUT2D eigenvalue weighted by molar-refractivity contribution is 0.408. The van der Waals surface area contributed by atoms with Crippen molar-refractivity contribution in [2.24, 2.45) is 14.1 Å². The number of ether oxygens (including phenoxy) is 1. The standard InChI is InChI=1S/C21H25N5O3/c1-4-5-6-7-8-13-26-17-18(24(2)21(28)25(3)19(17)27)23-20(26)29-16-11-9-15(14-22)10-12-16/h9-12H,4-8,13H2,1-3H3. The van der Waals surface area contributed by atoms with Crippen molar-refractivity contribution in [3.05, 3.63) is 50.7 Å². The summed E-state index contributed by atoms with van der Waals surface area (Å²) in [5.74, 6) is 0.508. The highest BCUT2D eigenvalue weighted by atomic mass is 16.5. The summed E-state index contributed by atoms with van der Waals surface area (Å²) < 4.78 is 10.1. The van der Waals surface area contributed by atoms with Crippen LogP contribution in [-0.4, -0.2) is 18.7 Å². The molecule has 0 unspecified atom stereocenters. The molecular weight excluding hydrogens is 370 g/mol. The maximum atomic E-state index is 12.8. The van der Waals surface area contributed by atoms with Crippen LogP contribution in [0.1, 0.15) is 44.6 Å². The first-order chi connectivity index (χ1) is 14.0. The van der Waals surface area contributed by atoms with Crippen molar-refractivity contribution in [1.29, 1.82) is 5.26 Å². The minimum Gasteiger partial charge on any atom is -0.425 e. The highest BCUT2D eigenvalue weighted by Crippen LogP contribution is 2.25. The third-order valence-corrected chi connectivity index (χ3v) is 4.99. The number of benzene rings is 1. The number of nitriles is 1. The van der Waals surface area contributed by atoms with Crippen LogP contribution in [0.25, 0.3) is 11.2 Å². The summed E-state index contributed by atoms with van der Waals surface area (Å²) >= 11 is 0. The quantitative estimate of drug-likeness (QED) is 0.546. The van der Waals surface area contributed by atoms with E-state index in [0.717, 1.165) is 30.3 Å². The maximum Gasteiger partial charge on any atom is 0.332 e. The largest absolute Gasteiger partial charge is 0.425 e. The monoisotopic (exact) mass is 395 g/mol. The molecule has 0 radical (unpaired) electrons. The predicted octanol–water partition coefficient (Wildman–Crippen LogP) is 3.07. The van der Waals surface area contributed by atoms with Gasteiger partial charge in [0.2, 0.25) is 0 Å². The smallest absolute Gasteiger partial charge is 0.332 e. The molecule has 29 heavy (non-hydrogen) atoms. The number of hydrogen-bond acceptors (Lipinski definition) is 5. The molecule has 0 aliphatic carbocycles. The summed E-state index contributed by atoms with van der Waals surface area (Å²) in [5.41, 5.74) is 0.362. The summed E-state index contributed by atoms with van der Waals surface area (Å²) in [4.78, 5) is 29.5. The molecule has 8 nitrogen and oxygen atoms in total. The highest BCUT2D eigenvalue weighted by Gasteiger charge is 2.20. The van der Waals surface area contributed by atoms with E-state index in [1.165, 1.54) is 18.0 Å². The molecule has 0 saturated heterocycles. The summed E-state index contributed by atoms with van der Waals surface area (Å²) in [6.07, 6.45) is 5.38. The molecule has 152 valence electrons. The molecule has 0 saturated carbocycles. The highest BCUT2D eigenvalue weighted by molar-refractivity contribution is 5.72. The second-order valence-electron chi connectivity index (χ2n) is 7.08. The Morgan fingerprint density at radius 3 is 2.38 bits per heavy atom. The van der Waals surface area contributed by atoms with E-state index in [4.69, 9.17) is 10.00 Å². The van der Waals surface area contributed by atoms with E-state index >= 15 is 0 Å². The molecule has 0 aliphatic rings. The van der Waals surface area contributed by atoms with E-state index in [2.05, 4.69) is 18.0 Å². The van der Waals surface area contributed by atoms with Crippen molar-refractivity contribution in [3.63, 3.8) is 0 Å². The zero-order valence-corrected chi connectivity index (χ0v) is 17.0. The van der Waals surface area contributed by atoms with Crippen LogP contribution in [0.4, 0.5) is 0 Å². The SMILES string of the molecule is CCCCCCCn1c(Oc2ccc(C#N)cc2)nc2c1c(=O)n(C)c(=O)n2C. The summed E-state index contributed by atoms with van der Waals surface area (Å²) in [6, 6.07) is 9.00. The molecule has 0 bridgehead atoms. The normalized spacial score (nSPS) is 11.0. The molecule has 3 rings (SSSR count). The van der Waals surface area contributed by atoms with Crippen LogP contribution >= 0.6 is 0 Å². The minimum absolute atomic E-state index is 0.262. The molecule has 0 N–H and O–H groups in total. The molecule has 0 spiro atoms. The van der Waals surface area contributed by atoms with Crippen molar-refractivity contribution in [2.75, 3.05) is 0 Å². The Kier molecular flexibility index (Phi) is 6.17. The lowest BCUT2D eigenvalue weighted by Gasteiger charge is -2.10. The van der Waals surface area contributed by atoms with E-state index < -0.39 is 5.69 Å². The number of aromatic nitrogens is 4. The van der Waals surface area contributed by atoms with E-state index in [-0.39, 0.29) is 11.6 Å². The van der Waals surface area contributed by atoms with Crippen molar-refractivity contribution >= 4 is 11.2 Å². The van der Waals surface area contributed by atoms with Gasteiger partial charge in [-0.05, 0) is 30.7 Å². The average Bonchev–Trinajstić information content (AvgIpc) is 3.09. The maximum absolute atomic E-state index is 12.8. The van der Waals surface area contributed by atoms with Crippen molar-refractivity contribution in [3.8, 4) is 17.8 Å². The van der Waals surface area contributed by atoms with Crippen molar-refractivity contribution < 1.29 is 4.74 Å². The summed E-state index contributed by atoms with van der Waals surface area (Å²) in [7, 11) is 3.05. The lowest BCUT2D eigenvalue weighted by Crippen LogP contribution is -2.37. The number of hydrogen-bond donors (Lipinski definition) is 0. The third-order valence-electron chi connectivity index (χ3n) is 4.99. The van der Waals surface area contributed by atoms with E-state index in [1.807, 2.05) is 0 Å². The van der Waals surface area contributed by atoms with Crippen molar-refractivity contribution in [1.82, 2.24) is 18.7 Å². The Balaban J connectivity index is 2.04. The Morgan fingerprint density at radius 1 is 1.03 bits per heavy atom. The first-order valence-corrected chi connectivity index (χ1v) is 9.82. The predicted molar refractivity (Wildman–Crippen MR) is 110 cm³/mol. The lowest BCUT2D eigenvalue weighted by atomic mass is 10.1. The molecule has 2 aromatic heterocycles. The molecule has 0 amide bonds. The zero-order chi connectivity index (χ0) is 21.0. The van der Waals surface area contributed by atoms with Gasteiger partial charge in [0.25, 0.3) is 5.56 Å². The first-order valence-electron chi connectivity index (χ1n) is 9.82. The van der Waals surface area contributed by atoms with Crippen LogP contribution in [0.2, 0.25) is 0 Å². The second-order valence-corrected chi connectivity index (χ2v) is 7.08. The van der Waals surface area contributed by atoms with Gasteiger partial charge in [-0.15, -0.1) is 0 Å².